The van der Waals surface area contributed by atoms with Crippen molar-refractivity contribution in [3.05, 3.63) is 57.8 Å². The molecule has 0 saturated carbocycles. The number of phenols is 1. The van der Waals surface area contributed by atoms with Gasteiger partial charge in [-0.15, -0.1) is 0 Å². The molecule has 0 amide bonds. The smallest absolute Gasteiger partial charge is 0.135 e. The van der Waals surface area contributed by atoms with Gasteiger partial charge in [0.05, 0.1) is 5.69 Å². The number of aromatic hydroxyl groups is 1. The monoisotopic (exact) mass is 369 g/mol. The summed E-state index contributed by atoms with van der Waals surface area (Å²) in [5, 5.41) is 11.3. The first-order valence-electron chi connectivity index (χ1n) is 7.78. The first-order valence-corrected chi connectivity index (χ1v) is 8.57. The molecule has 3 aromatic rings. The number of hydrogen-bond acceptors (Lipinski definition) is 3. The summed E-state index contributed by atoms with van der Waals surface area (Å²) in [6.07, 6.45) is 6.06. The lowest BCUT2D eigenvalue weighted by Gasteiger charge is -2.09. The Morgan fingerprint density at radius 1 is 1.04 bits per heavy atom. The van der Waals surface area contributed by atoms with E-state index >= 15 is 0 Å². The van der Waals surface area contributed by atoms with Gasteiger partial charge in [0.2, 0.25) is 0 Å². The maximum Gasteiger partial charge on any atom is 0.135 e. The molecule has 1 heterocycles. The fourth-order valence-corrected chi connectivity index (χ4v) is 3.43. The van der Waals surface area contributed by atoms with Crippen molar-refractivity contribution >= 4 is 38.8 Å². The zero-order chi connectivity index (χ0) is 15.8. The topological polar surface area (TPSA) is 45.7 Å². The maximum absolute atomic E-state index is 10.3. The second-order valence-corrected chi connectivity index (χ2v) is 6.73. The molecular formula is C19H16BrNO2. The molecule has 116 valence electrons. The van der Waals surface area contributed by atoms with E-state index in [0.717, 1.165) is 45.3 Å². The molecule has 0 fully saturated rings. The Hall–Kier alpha value is -2.07. The van der Waals surface area contributed by atoms with E-state index in [2.05, 4.69) is 20.9 Å². The van der Waals surface area contributed by atoms with E-state index in [4.69, 9.17) is 4.42 Å². The van der Waals surface area contributed by atoms with E-state index < -0.39 is 0 Å². The number of benzene rings is 2. The fourth-order valence-electron chi connectivity index (χ4n) is 3.17. The van der Waals surface area contributed by atoms with Gasteiger partial charge in [0.15, 0.2) is 0 Å². The maximum atomic E-state index is 10.3. The lowest BCUT2D eigenvalue weighted by molar-refractivity contribution is 0.474. The Kier molecular flexibility index (Phi) is 3.69. The summed E-state index contributed by atoms with van der Waals surface area (Å²) in [7, 11) is 0. The van der Waals surface area contributed by atoms with Crippen molar-refractivity contribution in [3.8, 4) is 5.75 Å². The van der Waals surface area contributed by atoms with Crippen LogP contribution >= 0.6 is 15.9 Å². The molecule has 3 nitrogen and oxygen atoms in total. The zero-order valence-corrected chi connectivity index (χ0v) is 14.1. The number of aryl methyl sites for hydroxylation is 2. The Morgan fingerprint density at radius 2 is 1.83 bits per heavy atom. The first kappa shape index (κ1) is 14.5. The molecule has 4 heteroatoms. The molecule has 1 aliphatic carbocycles. The molecule has 1 N–H and O–H groups in total. The molecule has 2 aromatic carbocycles. The Bertz CT molecular complexity index is 894. The minimum atomic E-state index is 0.243. The first-order chi connectivity index (χ1) is 11.2. The van der Waals surface area contributed by atoms with Crippen LogP contribution in [-0.4, -0.2) is 11.3 Å². The highest BCUT2D eigenvalue weighted by molar-refractivity contribution is 9.10. The standard InChI is InChI=1S/C19H16BrNO2/c20-12-5-7-13(8-6-12)21-11-15-16(22)9-10-18-19(15)14-3-1-2-4-17(14)23-18/h5-11,22H,1-4H2. The van der Waals surface area contributed by atoms with Crippen LogP contribution in [0.4, 0.5) is 5.69 Å². The van der Waals surface area contributed by atoms with E-state index in [1.54, 1.807) is 12.3 Å². The second-order valence-electron chi connectivity index (χ2n) is 5.82. The molecule has 0 spiro atoms. The number of phenolic OH excluding ortho intramolecular Hbond substituents is 1. The highest BCUT2D eigenvalue weighted by Crippen LogP contribution is 2.36. The fraction of sp³-hybridized carbons (Fsp3) is 0.211. The van der Waals surface area contributed by atoms with Crippen LogP contribution in [0.3, 0.4) is 0 Å². The number of rotatable bonds is 2. The van der Waals surface area contributed by atoms with E-state index in [9.17, 15) is 5.11 Å². The number of nitrogens with zero attached hydrogens (tertiary/aromatic N) is 1. The van der Waals surface area contributed by atoms with Gasteiger partial charge in [0.25, 0.3) is 0 Å². The number of halogens is 1. The van der Waals surface area contributed by atoms with E-state index in [1.807, 2.05) is 30.3 Å². The molecule has 0 bridgehead atoms. The van der Waals surface area contributed by atoms with E-state index in [-0.39, 0.29) is 5.75 Å². The minimum Gasteiger partial charge on any atom is -0.507 e. The summed E-state index contributed by atoms with van der Waals surface area (Å²) < 4.78 is 6.99. The third-order valence-electron chi connectivity index (χ3n) is 4.31. The van der Waals surface area contributed by atoms with Gasteiger partial charge >= 0.3 is 0 Å². The Labute approximate surface area is 142 Å². The van der Waals surface area contributed by atoms with Crippen molar-refractivity contribution in [2.24, 2.45) is 4.99 Å². The van der Waals surface area contributed by atoms with Crippen molar-refractivity contribution in [1.82, 2.24) is 0 Å². The van der Waals surface area contributed by atoms with Crippen LogP contribution in [0.2, 0.25) is 0 Å². The summed E-state index contributed by atoms with van der Waals surface area (Å²) in [6.45, 7) is 0. The second kappa shape index (κ2) is 5.85. The largest absolute Gasteiger partial charge is 0.507 e. The Morgan fingerprint density at radius 3 is 2.65 bits per heavy atom. The molecule has 1 aliphatic rings. The number of aliphatic imine (C=N–C) groups is 1. The molecule has 0 atom stereocenters. The minimum absolute atomic E-state index is 0.243. The third kappa shape index (κ3) is 2.68. The van der Waals surface area contributed by atoms with Gasteiger partial charge < -0.3 is 9.52 Å². The van der Waals surface area contributed by atoms with E-state index in [0.29, 0.717) is 0 Å². The van der Waals surface area contributed by atoms with E-state index in [1.165, 1.54) is 18.4 Å². The predicted octanol–water partition coefficient (Wildman–Crippen LogP) is 5.53. The predicted molar refractivity (Wildman–Crippen MR) is 95.9 cm³/mol. The van der Waals surface area contributed by atoms with Gasteiger partial charge in [-0.1, -0.05) is 15.9 Å². The van der Waals surface area contributed by atoms with Gasteiger partial charge in [-0.3, -0.25) is 4.99 Å². The summed E-state index contributed by atoms with van der Waals surface area (Å²) in [5.41, 5.74) is 3.67. The van der Waals surface area contributed by atoms with Crippen molar-refractivity contribution in [3.63, 3.8) is 0 Å². The van der Waals surface area contributed by atoms with Crippen LogP contribution in [-0.2, 0) is 12.8 Å². The third-order valence-corrected chi connectivity index (χ3v) is 4.83. The van der Waals surface area contributed by atoms with Crippen LogP contribution < -0.4 is 0 Å². The molecule has 0 radical (unpaired) electrons. The van der Waals surface area contributed by atoms with Crippen LogP contribution in [0.25, 0.3) is 11.0 Å². The summed E-state index contributed by atoms with van der Waals surface area (Å²) in [5.74, 6) is 1.31. The summed E-state index contributed by atoms with van der Waals surface area (Å²) >= 11 is 3.42. The number of furan rings is 1. The number of fused-ring (bicyclic) bond motifs is 3. The molecule has 0 unspecified atom stereocenters. The van der Waals surface area contributed by atoms with Crippen molar-refractivity contribution in [2.45, 2.75) is 25.7 Å². The number of hydrogen-bond donors (Lipinski definition) is 1. The molecule has 4 rings (SSSR count). The van der Waals surface area contributed by atoms with Gasteiger partial charge in [-0.2, -0.15) is 0 Å². The van der Waals surface area contributed by atoms with Crippen molar-refractivity contribution in [1.29, 1.82) is 0 Å². The quantitative estimate of drug-likeness (QED) is 0.603. The lowest BCUT2D eigenvalue weighted by Crippen LogP contribution is -1.99. The van der Waals surface area contributed by atoms with Crippen LogP contribution in [0.15, 0.2) is 50.3 Å². The van der Waals surface area contributed by atoms with Crippen LogP contribution in [0, 0.1) is 0 Å². The highest BCUT2D eigenvalue weighted by atomic mass is 79.9. The molecule has 0 saturated heterocycles. The Balaban J connectivity index is 1.83. The molecule has 23 heavy (non-hydrogen) atoms. The lowest BCUT2D eigenvalue weighted by atomic mass is 9.94. The van der Waals surface area contributed by atoms with Crippen molar-refractivity contribution < 1.29 is 9.52 Å². The summed E-state index contributed by atoms with van der Waals surface area (Å²) in [4.78, 5) is 4.51. The molecular weight excluding hydrogens is 354 g/mol. The van der Waals surface area contributed by atoms with Gasteiger partial charge in [-0.05, 0) is 55.7 Å². The van der Waals surface area contributed by atoms with Gasteiger partial charge in [-0.25, -0.2) is 0 Å². The molecule has 1 aromatic heterocycles. The average Bonchev–Trinajstić information content (AvgIpc) is 2.94. The van der Waals surface area contributed by atoms with Gasteiger partial charge in [0.1, 0.15) is 17.1 Å². The average molecular weight is 370 g/mol. The van der Waals surface area contributed by atoms with Crippen LogP contribution in [0.1, 0.15) is 29.7 Å². The highest BCUT2D eigenvalue weighted by Gasteiger charge is 2.21. The summed E-state index contributed by atoms with van der Waals surface area (Å²) in [6, 6.07) is 11.3. The van der Waals surface area contributed by atoms with Gasteiger partial charge in [0, 0.05) is 33.6 Å². The molecule has 0 aliphatic heterocycles. The normalized spacial score (nSPS) is 14.5. The zero-order valence-electron chi connectivity index (χ0n) is 12.6. The van der Waals surface area contributed by atoms with Crippen LogP contribution in [0.5, 0.6) is 5.75 Å². The van der Waals surface area contributed by atoms with Crippen molar-refractivity contribution in [2.75, 3.05) is 0 Å². The SMILES string of the molecule is Oc1ccc2oc3c(c2c1C=Nc1ccc(Br)cc1)CCCC3.